The van der Waals surface area contributed by atoms with E-state index in [0.717, 1.165) is 16.7 Å². The van der Waals surface area contributed by atoms with Crippen molar-refractivity contribution in [2.75, 3.05) is 7.05 Å². The highest BCUT2D eigenvalue weighted by Gasteiger charge is 2.14. The number of hydrogen-bond donors (Lipinski definition) is 1. The average Bonchev–Trinajstić information content (AvgIpc) is 2.43. The summed E-state index contributed by atoms with van der Waals surface area (Å²) in [7, 11) is 1.82. The van der Waals surface area contributed by atoms with Gasteiger partial charge < -0.3 is 5.32 Å². The molecule has 1 N–H and O–H groups in total. The van der Waals surface area contributed by atoms with Gasteiger partial charge >= 0.3 is 0 Å². The molecule has 0 heterocycles. The van der Waals surface area contributed by atoms with Crippen molar-refractivity contribution >= 4 is 11.6 Å². The Morgan fingerprint density at radius 2 is 1.90 bits per heavy atom. The molecular formula is C16H16ClF2N. The van der Waals surface area contributed by atoms with Gasteiger partial charge in [-0.1, -0.05) is 23.7 Å². The number of rotatable bonds is 4. The van der Waals surface area contributed by atoms with Gasteiger partial charge in [0.1, 0.15) is 11.6 Å². The smallest absolute Gasteiger partial charge is 0.141 e. The predicted molar refractivity (Wildman–Crippen MR) is 78.1 cm³/mol. The minimum atomic E-state index is -0.432. The van der Waals surface area contributed by atoms with Crippen LogP contribution in [-0.4, -0.2) is 7.05 Å². The van der Waals surface area contributed by atoms with Gasteiger partial charge in [0.2, 0.25) is 0 Å². The average molecular weight is 296 g/mol. The van der Waals surface area contributed by atoms with Crippen LogP contribution in [0.15, 0.2) is 36.4 Å². The third-order valence-corrected chi connectivity index (χ3v) is 3.68. The molecule has 4 heteroatoms. The number of likely N-dealkylation sites (N-methyl/N-ethyl adjacent to an activating group) is 1. The van der Waals surface area contributed by atoms with Crippen molar-refractivity contribution in [3.05, 3.63) is 69.7 Å². The van der Waals surface area contributed by atoms with Crippen molar-refractivity contribution in [2.45, 2.75) is 19.4 Å². The van der Waals surface area contributed by atoms with Gasteiger partial charge in [-0.2, -0.15) is 0 Å². The summed E-state index contributed by atoms with van der Waals surface area (Å²) < 4.78 is 26.6. The second-order valence-electron chi connectivity index (χ2n) is 4.79. The SMILES string of the molecule is CNC(Cc1ccc(F)c(Cl)c1)c1cc(F)ccc1C. The molecule has 0 amide bonds. The zero-order valence-electron chi connectivity index (χ0n) is 11.4. The highest BCUT2D eigenvalue weighted by atomic mass is 35.5. The third-order valence-electron chi connectivity index (χ3n) is 3.39. The van der Waals surface area contributed by atoms with Gasteiger partial charge in [0.05, 0.1) is 5.02 Å². The van der Waals surface area contributed by atoms with Gasteiger partial charge in [-0.15, -0.1) is 0 Å². The van der Waals surface area contributed by atoms with Gasteiger partial charge in [-0.05, 0) is 61.3 Å². The maximum Gasteiger partial charge on any atom is 0.141 e. The van der Waals surface area contributed by atoms with Gasteiger partial charge in [-0.25, -0.2) is 8.78 Å². The first-order valence-electron chi connectivity index (χ1n) is 6.38. The highest BCUT2D eigenvalue weighted by Crippen LogP contribution is 2.24. The lowest BCUT2D eigenvalue weighted by molar-refractivity contribution is 0.572. The molecule has 1 atom stereocenters. The second-order valence-corrected chi connectivity index (χ2v) is 5.20. The summed E-state index contributed by atoms with van der Waals surface area (Å²) in [4.78, 5) is 0. The molecule has 0 bridgehead atoms. The molecule has 2 aromatic carbocycles. The summed E-state index contributed by atoms with van der Waals surface area (Å²) in [5.41, 5.74) is 2.81. The Balaban J connectivity index is 2.28. The minimum Gasteiger partial charge on any atom is -0.313 e. The van der Waals surface area contributed by atoms with E-state index in [9.17, 15) is 8.78 Å². The van der Waals surface area contributed by atoms with E-state index in [2.05, 4.69) is 5.32 Å². The Hall–Kier alpha value is -1.45. The molecule has 2 rings (SSSR count). The number of benzene rings is 2. The number of nitrogens with one attached hydrogen (secondary N) is 1. The van der Waals surface area contributed by atoms with Gasteiger partial charge in [0, 0.05) is 6.04 Å². The molecule has 0 spiro atoms. The molecule has 1 nitrogen and oxygen atoms in total. The van der Waals surface area contributed by atoms with E-state index in [4.69, 9.17) is 11.6 Å². The monoisotopic (exact) mass is 295 g/mol. The van der Waals surface area contributed by atoms with Crippen LogP contribution in [0.1, 0.15) is 22.7 Å². The van der Waals surface area contributed by atoms with Crippen molar-refractivity contribution in [1.29, 1.82) is 0 Å². The standard InChI is InChI=1S/C16H16ClF2N/c1-10-3-5-12(18)9-13(10)16(20-2)8-11-4-6-15(19)14(17)7-11/h3-7,9,16,20H,8H2,1-2H3. The zero-order valence-corrected chi connectivity index (χ0v) is 12.1. The van der Waals surface area contributed by atoms with Crippen LogP contribution in [0.5, 0.6) is 0 Å². The predicted octanol–water partition coefficient (Wildman–Crippen LogP) is 4.43. The molecule has 0 saturated carbocycles. The Kier molecular flexibility index (Phi) is 4.73. The Bertz CT molecular complexity index is 613. The van der Waals surface area contributed by atoms with Crippen LogP contribution >= 0.6 is 11.6 Å². The summed E-state index contributed by atoms with van der Waals surface area (Å²) in [5, 5.41) is 3.27. The highest BCUT2D eigenvalue weighted by molar-refractivity contribution is 6.30. The molecule has 0 aliphatic rings. The first kappa shape index (κ1) is 14.9. The van der Waals surface area contributed by atoms with E-state index in [1.807, 2.05) is 14.0 Å². The van der Waals surface area contributed by atoms with Crippen molar-refractivity contribution in [1.82, 2.24) is 5.32 Å². The fourth-order valence-corrected chi connectivity index (χ4v) is 2.46. The van der Waals surface area contributed by atoms with Crippen molar-refractivity contribution in [3.63, 3.8) is 0 Å². The third kappa shape index (κ3) is 3.35. The number of aryl methyl sites for hydroxylation is 1. The van der Waals surface area contributed by atoms with Crippen LogP contribution in [0.25, 0.3) is 0 Å². The van der Waals surface area contributed by atoms with Crippen LogP contribution in [0.2, 0.25) is 5.02 Å². The van der Waals surface area contributed by atoms with E-state index in [-0.39, 0.29) is 16.9 Å². The first-order chi connectivity index (χ1) is 9.51. The Morgan fingerprint density at radius 1 is 1.15 bits per heavy atom. The fourth-order valence-electron chi connectivity index (χ4n) is 2.26. The molecule has 0 aromatic heterocycles. The van der Waals surface area contributed by atoms with E-state index in [0.29, 0.717) is 6.42 Å². The molecular weight excluding hydrogens is 280 g/mol. The zero-order chi connectivity index (χ0) is 14.7. The summed E-state index contributed by atoms with van der Waals surface area (Å²) in [6.07, 6.45) is 0.612. The Labute approximate surface area is 122 Å². The summed E-state index contributed by atoms with van der Waals surface area (Å²) in [6.45, 7) is 1.94. The maximum atomic E-state index is 13.4. The largest absolute Gasteiger partial charge is 0.313 e. The van der Waals surface area contributed by atoms with Gasteiger partial charge in [-0.3, -0.25) is 0 Å². The quantitative estimate of drug-likeness (QED) is 0.880. The molecule has 0 radical (unpaired) electrons. The van der Waals surface area contributed by atoms with E-state index >= 15 is 0 Å². The Morgan fingerprint density at radius 3 is 2.55 bits per heavy atom. The lowest BCUT2D eigenvalue weighted by Gasteiger charge is -2.19. The topological polar surface area (TPSA) is 12.0 Å². The van der Waals surface area contributed by atoms with Crippen molar-refractivity contribution < 1.29 is 8.78 Å². The first-order valence-corrected chi connectivity index (χ1v) is 6.76. The molecule has 0 aliphatic carbocycles. The summed E-state index contributed by atoms with van der Waals surface area (Å²) in [6, 6.07) is 9.33. The second kappa shape index (κ2) is 6.33. The summed E-state index contributed by atoms with van der Waals surface area (Å²) in [5.74, 6) is -0.693. The molecule has 0 saturated heterocycles. The molecule has 20 heavy (non-hydrogen) atoms. The van der Waals surface area contributed by atoms with E-state index in [1.165, 1.54) is 18.2 Å². The van der Waals surface area contributed by atoms with Crippen LogP contribution in [0, 0.1) is 18.6 Å². The fraction of sp³-hybridized carbons (Fsp3) is 0.250. The lowest BCUT2D eigenvalue weighted by atomic mass is 9.95. The van der Waals surface area contributed by atoms with Crippen molar-refractivity contribution in [3.8, 4) is 0 Å². The van der Waals surface area contributed by atoms with Crippen molar-refractivity contribution in [2.24, 2.45) is 0 Å². The minimum absolute atomic E-state index is 0.0489. The van der Waals surface area contributed by atoms with E-state index in [1.54, 1.807) is 18.2 Å². The van der Waals surface area contributed by atoms with Crippen LogP contribution in [0.3, 0.4) is 0 Å². The molecule has 1 unspecified atom stereocenters. The molecule has 106 valence electrons. The molecule has 0 fully saturated rings. The lowest BCUT2D eigenvalue weighted by Crippen LogP contribution is -2.20. The van der Waals surface area contributed by atoms with Gasteiger partial charge in [0.15, 0.2) is 0 Å². The molecule has 2 aromatic rings. The van der Waals surface area contributed by atoms with Crippen LogP contribution in [-0.2, 0) is 6.42 Å². The molecule has 0 aliphatic heterocycles. The van der Waals surface area contributed by atoms with Crippen LogP contribution < -0.4 is 5.32 Å². The van der Waals surface area contributed by atoms with Gasteiger partial charge in [0.25, 0.3) is 0 Å². The van der Waals surface area contributed by atoms with E-state index < -0.39 is 5.82 Å². The number of halogens is 3. The summed E-state index contributed by atoms with van der Waals surface area (Å²) >= 11 is 5.79. The number of hydrogen-bond acceptors (Lipinski definition) is 1. The van der Waals surface area contributed by atoms with Crippen LogP contribution in [0.4, 0.5) is 8.78 Å². The maximum absolute atomic E-state index is 13.4. The normalized spacial score (nSPS) is 12.4.